The van der Waals surface area contributed by atoms with Gasteiger partial charge in [0.05, 0.1) is 7.11 Å². The second-order valence-electron chi connectivity index (χ2n) is 7.64. The summed E-state index contributed by atoms with van der Waals surface area (Å²) < 4.78 is 5.57. The SMILES string of the molecule is COc1ccccc1C1CCN(C2CCC3CCC2C3)CC1. The number of ether oxygens (including phenoxy) is 1. The molecule has 2 bridgehead atoms. The number of piperidine rings is 1. The molecule has 0 aromatic heterocycles. The standard InChI is InChI=1S/C20H29NO/c1-22-20-5-3-2-4-18(20)16-10-12-21(13-11-16)19-9-7-15-6-8-17(19)14-15/h2-5,15-17,19H,6-14H2,1H3. The van der Waals surface area contributed by atoms with E-state index in [0.29, 0.717) is 5.92 Å². The third kappa shape index (κ3) is 2.67. The van der Waals surface area contributed by atoms with Crippen LogP contribution in [0.4, 0.5) is 0 Å². The molecule has 0 spiro atoms. The van der Waals surface area contributed by atoms with Gasteiger partial charge in [-0.15, -0.1) is 0 Å². The molecule has 1 heterocycles. The lowest BCUT2D eigenvalue weighted by Crippen LogP contribution is -2.45. The second kappa shape index (κ2) is 6.23. The Labute approximate surface area is 134 Å². The molecule has 2 nitrogen and oxygen atoms in total. The van der Waals surface area contributed by atoms with Crippen LogP contribution in [0.1, 0.15) is 56.4 Å². The van der Waals surface area contributed by atoms with E-state index in [-0.39, 0.29) is 0 Å². The first-order valence-electron chi connectivity index (χ1n) is 9.22. The van der Waals surface area contributed by atoms with E-state index < -0.39 is 0 Å². The third-order valence-electron chi connectivity index (χ3n) is 6.57. The number of para-hydroxylation sites is 1. The fraction of sp³-hybridized carbons (Fsp3) is 0.700. The smallest absolute Gasteiger partial charge is 0.122 e. The zero-order chi connectivity index (χ0) is 14.9. The lowest BCUT2D eigenvalue weighted by molar-refractivity contribution is 0.0837. The van der Waals surface area contributed by atoms with E-state index in [2.05, 4.69) is 29.2 Å². The van der Waals surface area contributed by atoms with Gasteiger partial charge < -0.3 is 9.64 Å². The molecule has 1 aliphatic heterocycles. The number of hydrogen-bond donors (Lipinski definition) is 0. The summed E-state index contributed by atoms with van der Waals surface area (Å²) in [5, 5.41) is 0. The van der Waals surface area contributed by atoms with Crippen molar-refractivity contribution in [2.75, 3.05) is 20.2 Å². The fourth-order valence-electron chi connectivity index (χ4n) is 5.39. The fourth-order valence-corrected chi connectivity index (χ4v) is 5.39. The largest absolute Gasteiger partial charge is 0.496 e. The molecule has 2 heteroatoms. The van der Waals surface area contributed by atoms with Gasteiger partial charge in [0, 0.05) is 6.04 Å². The minimum Gasteiger partial charge on any atom is -0.496 e. The summed E-state index contributed by atoms with van der Waals surface area (Å²) in [6.07, 6.45) is 10.1. The van der Waals surface area contributed by atoms with Crippen molar-refractivity contribution in [3.05, 3.63) is 29.8 Å². The quantitative estimate of drug-likeness (QED) is 0.817. The Bertz CT molecular complexity index is 506. The average molecular weight is 299 g/mol. The molecule has 3 fully saturated rings. The normalized spacial score (nSPS) is 33.0. The zero-order valence-electron chi connectivity index (χ0n) is 13.8. The molecule has 2 saturated carbocycles. The summed E-state index contributed by atoms with van der Waals surface area (Å²) in [6, 6.07) is 9.51. The van der Waals surface area contributed by atoms with Crippen LogP contribution in [0.25, 0.3) is 0 Å². The topological polar surface area (TPSA) is 12.5 Å². The number of methoxy groups -OCH3 is 1. The van der Waals surface area contributed by atoms with Gasteiger partial charge in [0.2, 0.25) is 0 Å². The Morgan fingerprint density at radius 3 is 2.55 bits per heavy atom. The predicted octanol–water partition coefficient (Wildman–Crippen LogP) is 4.45. The van der Waals surface area contributed by atoms with Crippen LogP contribution in [-0.2, 0) is 0 Å². The first-order chi connectivity index (χ1) is 10.8. The summed E-state index contributed by atoms with van der Waals surface area (Å²) in [5.41, 5.74) is 1.43. The van der Waals surface area contributed by atoms with E-state index in [0.717, 1.165) is 23.6 Å². The zero-order valence-corrected chi connectivity index (χ0v) is 13.8. The van der Waals surface area contributed by atoms with Crippen LogP contribution in [0.15, 0.2) is 24.3 Å². The monoisotopic (exact) mass is 299 g/mol. The minimum atomic E-state index is 0.687. The summed E-state index contributed by atoms with van der Waals surface area (Å²) in [5.74, 6) is 3.86. The van der Waals surface area contributed by atoms with Crippen molar-refractivity contribution in [3.63, 3.8) is 0 Å². The van der Waals surface area contributed by atoms with Gasteiger partial charge in [0.25, 0.3) is 0 Å². The van der Waals surface area contributed by atoms with Gasteiger partial charge in [-0.1, -0.05) is 24.6 Å². The van der Waals surface area contributed by atoms with Gasteiger partial charge in [-0.25, -0.2) is 0 Å². The molecule has 4 rings (SSSR count). The van der Waals surface area contributed by atoms with E-state index in [1.807, 2.05) is 0 Å². The lowest BCUT2D eigenvalue weighted by atomic mass is 9.81. The van der Waals surface area contributed by atoms with Gasteiger partial charge in [0.1, 0.15) is 5.75 Å². The van der Waals surface area contributed by atoms with Gasteiger partial charge in [-0.2, -0.15) is 0 Å². The number of rotatable bonds is 3. The Morgan fingerprint density at radius 1 is 0.955 bits per heavy atom. The molecule has 120 valence electrons. The number of hydrogen-bond acceptors (Lipinski definition) is 2. The lowest BCUT2D eigenvalue weighted by Gasteiger charge is -2.42. The van der Waals surface area contributed by atoms with Crippen molar-refractivity contribution in [3.8, 4) is 5.75 Å². The molecule has 1 aromatic rings. The molecule has 2 aliphatic carbocycles. The van der Waals surface area contributed by atoms with Crippen LogP contribution in [0.2, 0.25) is 0 Å². The highest BCUT2D eigenvalue weighted by atomic mass is 16.5. The van der Waals surface area contributed by atoms with Gasteiger partial charge in [-0.3, -0.25) is 0 Å². The summed E-state index contributed by atoms with van der Waals surface area (Å²) >= 11 is 0. The molecule has 0 amide bonds. The average Bonchev–Trinajstić information content (AvgIpc) is 2.96. The van der Waals surface area contributed by atoms with E-state index in [9.17, 15) is 0 Å². The van der Waals surface area contributed by atoms with E-state index in [1.165, 1.54) is 63.6 Å². The Balaban J connectivity index is 1.40. The minimum absolute atomic E-state index is 0.687. The van der Waals surface area contributed by atoms with Gasteiger partial charge >= 0.3 is 0 Å². The van der Waals surface area contributed by atoms with Crippen molar-refractivity contribution in [2.45, 2.75) is 56.9 Å². The van der Waals surface area contributed by atoms with Crippen LogP contribution >= 0.6 is 0 Å². The van der Waals surface area contributed by atoms with Crippen LogP contribution in [0.5, 0.6) is 5.75 Å². The molecule has 1 saturated heterocycles. The molecular formula is C20H29NO. The molecule has 3 unspecified atom stereocenters. The molecule has 0 radical (unpaired) electrons. The first-order valence-corrected chi connectivity index (χ1v) is 9.22. The molecule has 1 aromatic carbocycles. The number of benzene rings is 1. The summed E-state index contributed by atoms with van der Waals surface area (Å²) in [6.45, 7) is 2.57. The van der Waals surface area contributed by atoms with Crippen molar-refractivity contribution < 1.29 is 4.74 Å². The Morgan fingerprint density at radius 2 is 1.73 bits per heavy atom. The van der Waals surface area contributed by atoms with E-state index in [1.54, 1.807) is 7.11 Å². The highest BCUT2D eigenvalue weighted by Gasteiger charge is 2.39. The maximum Gasteiger partial charge on any atom is 0.122 e. The maximum atomic E-state index is 5.57. The van der Waals surface area contributed by atoms with Crippen molar-refractivity contribution in [1.82, 2.24) is 4.90 Å². The predicted molar refractivity (Wildman–Crippen MR) is 90.4 cm³/mol. The van der Waals surface area contributed by atoms with Gasteiger partial charge in [-0.05, 0) is 81.0 Å². The maximum absolute atomic E-state index is 5.57. The van der Waals surface area contributed by atoms with Crippen molar-refractivity contribution in [2.24, 2.45) is 11.8 Å². The number of likely N-dealkylation sites (tertiary alicyclic amines) is 1. The molecule has 3 aliphatic rings. The van der Waals surface area contributed by atoms with E-state index >= 15 is 0 Å². The van der Waals surface area contributed by atoms with Crippen LogP contribution in [0, 0.1) is 11.8 Å². The third-order valence-corrected chi connectivity index (χ3v) is 6.57. The first kappa shape index (κ1) is 14.6. The summed E-state index contributed by atoms with van der Waals surface area (Å²) in [4.78, 5) is 2.83. The Kier molecular flexibility index (Phi) is 4.13. The van der Waals surface area contributed by atoms with Gasteiger partial charge in [0.15, 0.2) is 0 Å². The summed E-state index contributed by atoms with van der Waals surface area (Å²) in [7, 11) is 1.80. The molecule has 0 N–H and O–H groups in total. The van der Waals surface area contributed by atoms with Crippen LogP contribution in [-0.4, -0.2) is 31.1 Å². The number of fused-ring (bicyclic) bond motifs is 2. The van der Waals surface area contributed by atoms with E-state index in [4.69, 9.17) is 4.74 Å². The number of nitrogens with zero attached hydrogens (tertiary/aromatic N) is 1. The molecule has 22 heavy (non-hydrogen) atoms. The van der Waals surface area contributed by atoms with Crippen molar-refractivity contribution in [1.29, 1.82) is 0 Å². The highest BCUT2D eigenvalue weighted by Crippen LogP contribution is 2.45. The molecule has 3 atom stereocenters. The Hall–Kier alpha value is -1.02. The molecular weight excluding hydrogens is 270 g/mol. The second-order valence-corrected chi connectivity index (χ2v) is 7.64. The van der Waals surface area contributed by atoms with Crippen LogP contribution in [0.3, 0.4) is 0 Å². The van der Waals surface area contributed by atoms with Crippen molar-refractivity contribution >= 4 is 0 Å². The highest BCUT2D eigenvalue weighted by molar-refractivity contribution is 5.36. The van der Waals surface area contributed by atoms with Crippen LogP contribution < -0.4 is 4.74 Å².